The number of ether oxygens (including phenoxy) is 2. The highest BCUT2D eigenvalue weighted by atomic mass is 16.6. The number of nitro groups is 1. The first kappa shape index (κ1) is 19.8. The van der Waals surface area contributed by atoms with E-state index >= 15 is 0 Å². The summed E-state index contributed by atoms with van der Waals surface area (Å²) in [6.45, 7) is 4.23. The van der Waals surface area contributed by atoms with Crippen molar-refractivity contribution in [2.24, 2.45) is 5.92 Å². The molecule has 0 spiro atoms. The lowest BCUT2D eigenvalue weighted by Crippen LogP contribution is -2.57. The van der Waals surface area contributed by atoms with Gasteiger partial charge in [-0.1, -0.05) is 30.3 Å². The van der Waals surface area contributed by atoms with Gasteiger partial charge in [0.25, 0.3) is 0 Å². The second-order valence-electron chi connectivity index (χ2n) is 7.59. The van der Waals surface area contributed by atoms with Crippen molar-refractivity contribution in [2.45, 2.75) is 43.7 Å². The molecule has 1 saturated carbocycles. The van der Waals surface area contributed by atoms with Gasteiger partial charge in [0, 0.05) is 24.9 Å². The summed E-state index contributed by atoms with van der Waals surface area (Å²) in [4.78, 5) is 26.4. The van der Waals surface area contributed by atoms with E-state index in [-0.39, 0.29) is 22.7 Å². The highest BCUT2D eigenvalue weighted by Crippen LogP contribution is 2.47. The Kier molecular flexibility index (Phi) is 6.11. The zero-order valence-electron chi connectivity index (χ0n) is 16.0. The number of morpholine rings is 1. The highest BCUT2D eigenvalue weighted by molar-refractivity contribution is 5.81. The van der Waals surface area contributed by atoms with Crippen LogP contribution in [0.1, 0.15) is 37.7 Å². The average molecular weight is 376 g/mol. The molecule has 1 aromatic carbocycles. The lowest BCUT2D eigenvalue weighted by molar-refractivity contribution is -0.524. The van der Waals surface area contributed by atoms with Crippen LogP contribution in [0, 0.1) is 16.0 Å². The second kappa shape index (κ2) is 8.35. The largest absolute Gasteiger partial charge is 0.468 e. The van der Waals surface area contributed by atoms with E-state index in [9.17, 15) is 14.9 Å². The second-order valence-corrected chi connectivity index (χ2v) is 7.59. The number of esters is 1. The minimum atomic E-state index is -0.712. The lowest BCUT2D eigenvalue weighted by atomic mass is 9.79. The molecule has 27 heavy (non-hydrogen) atoms. The fourth-order valence-electron chi connectivity index (χ4n) is 4.90. The first-order valence-corrected chi connectivity index (χ1v) is 9.59. The van der Waals surface area contributed by atoms with E-state index in [0.29, 0.717) is 39.1 Å². The molecule has 1 aliphatic heterocycles. The van der Waals surface area contributed by atoms with Crippen molar-refractivity contribution in [2.75, 3.05) is 33.4 Å². The summed E-state index contributed by atoms with van der Waals surface area (Å²) in [5.41, 5.74) is 0.265. The molecule has 0 bridgehead atoms. The van der Waals surface area contributed by atoms with Crippen molar-refractivity contribution >= 4 is 5.97 Å². The molecule has 2 fully saturated rings. The van der Waals surface area contributed by atoms with E-state index in [4.69, 9.17) is 9.47 Å². The van der Waals surface area contributed by atoms with Gasteiger partial charge in [-0.3, -0.25) is 19.8 Å². The molecule has 1 saturated heterocycles. The number of hydrogen-bond acceptors (Lipinski definition) is 6. The van der Waals surface area contributed by atoms with E-state index in [2.05, 4.69) is 4.90 Å². The van der Waals surface area contributed by atoms with Gasteiger partial charge in [-0.15, -0.1) is 0 Å². The van der Waals surface area contributed by atoms with Crippen LogP contribution in [0.3, 0.4) is 0 Å². The maximum atomic E-state index is 12.8. The fourth-order valence-corrected chi connectivity index (χ4v) is 4.90. The Morgan fingerprint density at radius 2 is 2.00 bits per heavy atom. The Morgan fingerprint density at radius 1 is 1.33 bits per heavy atom. The van der Waals surface area contributed by atoms with E-state index in [0.717, 1.165) is 12.0 Å². The SMILES string of the molecule is COC(=O)C1(N2CCOCC2)CCC([C@@H](c2ccccc2)C(C)[N+](=O)[O-])C1. The van der Waals surface area contributed by atoms with Gasteiger partial charge >= 0.3 is 5.97 Å². The molecular formula is C20H28N2O5. The molecule has 0 amide bonds. The van der Waals surface area contributed by atoms with Crippen LogP contribution < -0.4 is 0 Å². The molecule has 0 aromatic heterocycles. The van der Waals surface area contributed by atoms with Crippen LogP contribution in [0.4, 0.5) is 0 Å². The number of methoxy groups -OCH3 is 1. The Bertz CT molecular complexity index is 662. The summed E-state index contributed by atoms with van der Waals surface area (Å²) in [7, 11) is 1.42. The third-order valence-corrected chi connectivity index (χ3v) is 6.25. The lowest BCUT2D eigenvalue weighted by Gasteiger charge is -2.41. The van der Waals surface area contributed by atoms with Crippen molar-refractivity contribution in [3.05, 3.63) is 46.0 Å². The van der Waals surface area contributed by atoms with Crippen molar-refractivity contribution in [1.29, 1.82) is 0 Å². The number of carbonyl (C=O) groups is 1. The summed E-state index contributed by atoms with van der Waals surface area (Å²) in [5.74, 6) is -0.406. The third-order valence-electron chi connectivity index (χ3n) is 6.25. The maximum Gasteiger partial charge on any atom is 0.326 e. The highest BCUT2D eigenvalue weighted by Gasteiger charge is 2.54. The minimum Gasteiger partial charge on any atom is -0.468 e. The van der Waals surface area contributed by atoms with E-state index < -0.39 is 11.6 Å². The first-order chi connectivity index (χ1) is 13.0. The van der Waals surface area contributed by atoms with Crippen LogP contribution in [0.2, 0.25) is 0 Å². The van der Waals surface area contributed by atoms with Gasteiger partial charge in [0.2, 0.25) is 6.04 Å². The van der Waals surface area contributed by atoms with Crippen molar-refractivity contribution < 1.29 is 19.2 Å². The molecule has 7 heteroatoms. The molecule has 4 atom stereocenters. The topological polar surface area (TPSA) is 81.9 Å². The summed E-state index contributed by atoms with van der Waals surface area (Å²) >= 11 is 0. The van der Waals surface area contributed by atoms with Gasteiger partial charge in [-0.05, 0) is 30.7 Å². The Balaban J connectivity index is 1.91. The molecule has 3 rings (SSSR count). The van der Waals surface area contributed by atoms with Gasteiger partial charge < -0.3 is 9.47 Å². The zero-order chi connectivity index (χ0) is 19.4. The summed E-state index contributed by atoms with van der Waals surface area (Å²) < 4.78 is 10.6. The minimum absolute atomic E-state index is 0.0507. The zero-order valence-corrected chi connectivity index (χ0v) is 16.0. The van der Waals surface area contributed by atoms with Gasteiger partial charge in [0.15, 0.2) is 0 Å². The van der Waals surface area contributed by atoms with E-state index in [1.165, 1.54) is 7.11 Å². The Labute approximate surface area is 159 Å². The third kappa shape index (κ3) is 3.84. The van der Waals surface area contributed by atoms with Crippen LogP contribution in [0.15, 0.2) is 30.3 Å². The first-order valence-electron chi connectivity index (χ1n) is 9.59. The molecular weight excluding hydrogens is 348 g/mol. The summed E-state index contributed by atoms with van der Waals surface area (Å²) in [6.07, 6.45) is 2.01. The molecule has 0 radical (unpaired) electrons. The average Bonchev–Trinajstić information content (AvgIpc) is 3.15. The molecule has 3 unspecified atom stereocenters. The number of carbonyl (C=O) groups excluding carboxylic acids is 1. The summed E-state index contributed by atoms with van der Waals surface area (Å²) in [5, 5.41) is 11.6. The molecule has 0 N–H and O–H groups in total. The van der Waals surface area contributed by atoms with Gasteiger partial charge in [-0.25, -0.2) is 0 Å². The molecule has 7 nitrogen and oxygen atoms in total. The molecule has 148 valence electrons. The molecule has 1 aromatic rings. The number of benzene rings is 1. The predicted octanol–water partition coefficient (Wildman–Crippen LogP) is 2.48. The smallest absolute Gasteiger partial charge is 0.326 e. The number of rotatable bonds is 6. The monoisotopic (exact) mass is 376 g/mol. The van der Waals surface area contributed by atoms with Crippen molar-refractivity contribution in [3.8, 4) is 0 Å². The van der Waals surface area contributed by atoms with Crippen molar-refractivity contribution in [3.63, 3.8) is 0 Å². The fraction of sp³-hybridized carbons (Fsp3) is 0.650. The van der Waals surface area contributed by atoms with Crippen LogP contribution in [0.25, 0.3) is 0 Å². The Hall–Kier alpha value is -1.99. The van der Waals surface area contributed by atoms with Gasteiger partial charge in [0.05, 0.1) is 26.2 Å². The van der Waals surface area contributed by atoms with Crippen LogP contribution in [0.5, 0.6) is 0 Å². The van der Waals surface area contributed by atoms with Gasteiger partial charge in [-0.2, -0.15) is 0 Å². The van der Waals surface area contributed by atoms with E-state index in [1.54, 1.807) is 6.92 Å². The normalized spacial score (nSPS) is 28.4. The molecule has 1 aliphatic carbocycles. The van der Waals surface area contributed by atoms with Crippen LogP contribution in [-0.2, 0) is 14.3 Å². The Morgan fingerprint density at radius 3 is 2.59 bits per heavy atom. The standard InChI is InChI=1S/C20H28N2O5/c1-15(22(24)25)18(16-6-4-3-5-7-16)17-8-9-20(14-17,19(23)26-2)21-10-12-27-13-11-21/h3-7,15,17-18H,8-14H2,1-2H3/t15?,17?,18-,20?/m1/s1. The quantitative estimate of drug-likeness (QED) is 0.431. The van der Waals surface area contributed by atoms with Crippen LogP contribution in [-0.4, -0.2) is 60.8 Å². The maximum absolute atomic E-state index is 12.8. The van der Waals surface area contributed by atoms with E-state index in [1.807, 2.05) is 30.3 Å². The number of nitrogens with zero attached hydrogens (tertiary/aromatic N) is 2. The van der Waals surface area contributed by atoms with Crippen LogP contribution >= 0.6 is 0 Å². The summed E-state index contributed by atoms with van der Waals surface area (Å²) in [6, 6.07) is 8.95. The molecule has 2 aliphatic rings. The van der Waals surface area contributed by atoms with Gasteiger partial charge in [0.1, 0.15) is 5.54 Å². The number of hydrogen-bond donors (Lipinski definition) is 0. The van der Waals surface area contributed by atoms with Crippen molar-refractivity contribution in [1.82, 2.24) is 4.90 Å². The predicted molar refractivity (Wildman–Crippen MR) is 100 cm³/mol. The molecule has 1 heterocycles.